The zero-order chi connectivity index (χ0) is 13.4. The van der Waals surface area contributed by atoms with Crippen LogP contribution < -0.4 is 5.73 Å². The number of hydrogen-bond donors (Lipinski definition) is 1. The first-order chi connectivity index (χ1) is 9.20. The molecule has 1 aromatic carbocycles. The molecule has 0 bridgehead atoms. The van der Waals surface area contributed by atoms with E-state index in [1.807, 2.05) is 43.3 Å². The number of thiophene rings is 1. The van der Waals surface area contributed by atoms with E-state index < -0.39 is 0 Å². The fraction of sp³-hybridized carbons (Fsp3) is 0.0667. The van der Waals surface area contributed by atoms with Crippen LogP contribution in [0.4, 0.5) is 5.69 Å². The van der Waals surface area contributed by atoms with Crippen molar-refractivity contribution in [2.75, 3.05) is 5.73 Å². The normalized spacial score (nSPS) is 10.5. The topological polar surface area (TPSA) is 62.7 Å². The number of nitrogens with zero attached hydrogens (tertiary/aromatic N) is 2. The lowest BCUT2D eigenvalue weighted by atomic mass is 10.0. The molecular formula is C15H11N3S. The molecule has 3 nitrogen and oxygen atoms in total. The summed E-state index contributed by atoms with van der Waals surface area (Å²) >= 11 is 1.35. The molecule has 0 aliphatic heterocycles. The second-order valence-corrected chi connectivity index (χ2v) is 5.31. The third kappa shape index (κ3) is 1.85. The van der Waals surface area contributed by atoms with Crippen molar-refractivity contribution in [3.05, 3.63) is 47.0 Å². The van der Waals surface area contributed by atoms with Crippen LogP contribution in [-0.2, 0) is 0 Å². The fourth-order valence-electron chi connectivity index (χ4n) is 2.17. The van der Waals surface area contributed by atoms with Crippen LogP contribution in [0.2, 0.25) is 0 Å². The van der Waals surface area contributed by atoms with Crippen molar-refractivity contribution in [3.63, 3.8) is 0 Å². The van der Waals surface area contributed by atoms with Crippen LogP contribution in [0.3, 0.4) is 0 Å². The maximum atomic E-state index is 9.10. The van der Waals surface area contributed by atoms with E-state index in [2.05, 4.69) is 11.1 Å². The van der Waals surface area contributed by atoms with Gasteiger partial charge in [-0.05, 0) is 24.1 Å². The number of nitriles is 1. The summed E-state index contributed by atoms with van der Waals surface area (Å²) in [6, 6.07) is 14.2. The van der Waals surface area contributed by atoms with E-state index in [-0.39, 0.29) is 0 Å². The van der Waals surface area contributed by atoms with Crippen molar-refractivity contribution in [2.45, 2.75) is 6.92 Å². The SMILES string of the molecule is Cc1cc(-c2ccccc2)c2c(N)c(C#N)sc2n1. The fourth-order valence-corrected chi connectivity index (χ4v) is 3.13. The third-order valence-electron chi connectivity index (χ3n) is 3.01. The van der Waals surface area contributed by atoms with Gasteiger partial charge in [0.1, 0.15) is 15.8 Å². The van der Waals surface area contributed by atoms with E-state index in [4.69, 9.17) is 11.0 Å². The van der Waals surface area contributed by atoms with Gasteiger partial charge in [0, 0.05) is 11.1 Å². The lowest BCUT2D eigenvalue weighted by Crippen LogP contribution is -1.90. The Balaban J connectivity index is 2.42. The monoisotopic (exact) mass is 265 g/mol. The van der Waals surface area contributed by atoms with Crippen molar-refractivity contribution < 1.29 is 0 Å². The van der Waals surface area contributed by atoms with Crippen molar-refractivity contribution in [2.24, 2.45) is 0 Å². The summed E-state index contributed by atoms with van der Waals surface area (Å²) in [4.78, 5) is 5.84. The van der Waals surface area contributed by atoms with Crippen molar-refractivity contribution in [1.29, 1.82) is 5.26 Å². The van der Waals surface area contributed by atoms with Crippen LogP contribution in [0.5, 0.6) is 0 Å². The average molecular weight is 265 g/mol. The van der Waals surface area contributed by atoms with E-state index in [1.54, 1.807) is 0 Å². The molecule has 3 rings (SSSR count). The predicted molar refractivity (Wildman–Crippen MR) is 78.9 cm³/mol. The first kappa shape index (κ1) is 11.7. The van der Waals surface area contributed by atoms with E-state index >= 15 is 0 Å². The highest BCUT2D eigenvalue weighted by molar-refractivity contribution is 7.20. The minimum Gasteiger partial charge on any atom is -0.396 e. The van der Waals surface area contributed by atoms with Crippen LogP contribution >= 0.6 is 11.3 Å². The van der Waals surface area contributed by atoms with Crippen molar-refractivity contribution in [1.82, 2.24) is 4.98 Å². The number of rotatable bonds is 1. The first-order valence-corrected chi connectivity index (χ1v) is 6.67. The van der Waals surface area contributed by atoms with Gasteiger partial charge in [0.05, 0.1) is 5.69 Å². The summed E-state index contributed by atoms with van der Waals surface area (Å²) in [5.74, 6) is 0. The Morgan fingerprint density at radius 2 is 2.00 bits per heavy atom. The molecule has 0 spiro atoms. The molecule has 92 valence electrons. The average Bonchev–Trinajstić information content (AvgIpc) is 2.75. The number of aryl methyl sites for hydroxylation is 1. The van der Waals surface area contributed by atoms with Gasteiger partial charge < -0.3 is 5.73 Å². The van der Waals surface area contributed by atoms with Crippen molar-refractivity contribution in [3.8, 4) is 17.2 Å². The molecule has 2 heterocycles. The Hall–Kier alpha value is -2.38. The second-order valence-electron chi connectivity index (χ2n) is 4.31. The van der Waals surface area contributed by atoms with Crippen molar-refractivity contribution >= 4 is 27.2 Å². The first-order valence-electron chi connectivity index (χ1n) is 5.86. The number of aromatic nitrogens is 1. The summed E-state index contributed by atoms with van der Waals surface area (Å²) in [6.45, 7) is 1.95. The number of pyridine rings is 1. The smallest absolute Gasteiger partial charge is 0.130 e. The zero-order valence-corrected chi connectivity index (χ0v) is 11.2. The number of nitrogens with two attached hydrogens (primary N) is 1. The molecule has 0 radical (unpaired) electrons. The maximum Gasteiger partial charge on any atom is 0.130 e. The number of fused-ring (bicyclic) bond motifs is 1. The summed E-state index contributed by atoms with van der Waals surface area (Å²) in [5, 5.41) is 9.99. The molecule has 0 saturated heterocycles. The van der Waals surface area contributed by atoms with Gasteiger partial charge in [-0.3, -0.25) is 0 Å². The van der Waals surface area contributed by atoms with Gasteiger partial charge in [0.2, 0.25) is 0 Å². The van der Waals surface area contributed by atoms with Gasteiger partial charge in [-0.15, -0.1) is 11.3 Å². The lowest BCUT2D eigenvalue weighted by molar-refractivity contribution is 1.27. The molecule has 19 heavy (non-hydrogen) atoms. The van der Waals surface area contributed by atoms with Gasteiger partial charge in [0.15, 0.2) is 0 Å². The maximum absolute atomic E-state index is 9.10. The van der Waals surface area contributed by atoms with Gasteiger partial charge in [-0.2, -0.15) is 5.26 Å². The third-order valence-corrected chi connectivity index (χ3v) is 4.02. The highest BCUT2D eigenvalue weighted by atomic mass is 32.1. The Kier molecular flexibility index (Phi) is 2.69. The minimum atomic E-state index is 0.533. The Morgan fingerprint density at radius 1 is 1.26 bits per heavy atom. The molecule has 0 saturated carbocycles. The lowest BCUT2D eigenvalue weighted by Gasteiger charge is -2.06. The Labute approximate surface area is 114 Å². The van der Waals surface area contributed by atoms with Crippen LogP contribution in [0.15, 0.2) is 36.4 Å². The van der Waals surface area contributed by atoms with Crippen LogP contribution in [0.25, 0.3) is 21.3 Å². The van der Waals surface area contributed by atoms with Crippen LogP contribution in [0.1, 0.15) is 10.6 Å². The molecule has 0 aliphatic carbocycles. The van der Waals surface area contributed by atoms with E-state index in [1.165, 1.54) is 11.3 Å². The number of anilines is 1. The van der Waals surface area contributed by atoms with Crippen LogP contribution in [0, 0.1) is 18.3 Å². The molecule has 2 aromatic heterocycles. The van der Waals surface area contributed by atoms with Gasteiger partial charge in [0.25, 0.3) is 0 Å². The molecule has 0 aliphatic rings. The molecule has 0 fully saturated rings. The Bertz CT molecular complexity index is 798. The van der Waals surface area contributed by atoms with Gasteiger partial charge >= 0.3 is 0 Å². The number of benzene rings is 1. The molecule has 0 unspecified atom stereocenters. The van der Waals surface area contributed by atoms with E-state index in [9.17, 15) is 0 Å². The molecule has 4 heteroatoms. The second kappa shape index (κ2) is 4.38. The summed E-state index contributed by atoms with van der Waals surface area (Å²) in [7, 11) is 0. The number of nitrogen functional groups attached to an aromatic ring is 1. The largest absolute Gasteiger partial charge is 0.396 e. The van der Waals surface area contributed by atoms with E-state index in [0.29, 0.717) is 10.6 Å². The van der Waals surface area contributed by atoms with Crippen LogP contribution in [-0.4, -0.2) is 4.98 Å². The highest BCUT2D eigenvalue weighted by Gasteiger charge is 2.15. The number of hydrogen-bond acceptors (Lipinski definition) is 4. The minimum absolute atomic E-state index is 0.533. The summed E-state index contributed by atoms with van der Waals surface area (Å²) in [5.41, 5.74) is 9.68. The molecular weight excluding hydrogens is 254 g/mol. The zero-order valence-electron chi connectivity index (χ0n) is 10.3. The molecule has 0 amide bonds. The molecule has 0 atom stereocenters. The molecule has 3 aromatic rings. The summed E-state index contributed by atoms with van der Waals surface area (Å²) in [6.07, 6.45) is 0. The van der Waals surface area contributed by atoms with Gasteiger partial charge in [-0.1, -0.05) is 30.3 Å². The summed E-state index contributed by atoms with van der Waals surface area (Å²) < 4.78 is 0. The quantitative estimate of drug-likeness (QED) is 0.729. The Morgan fingerprint density at radius 3 is 2.68 bits per heavy atom. The van der Waals surface area contributed by atoms with Gasteiger partial charge in [-0.25, -0.2) is 4.98 Å². The molecule has 2 N–H and O–H groups in total. The van der Waals surface area contributed by atoms with E-state index in [0.717, 1.165) is 27.0 Å². The standard InChI is InChI=1S/C15H11N3S/c1-9-7-11(10-5-3-2-4-6-10)13-14(17)12(8-16)19-15(13)18-9/h2-7H,17H2,1H3. The highest BCUT2D eigenvalue weighted by Crippen LogP contribution is 2.39. The predicted octanol–water partition coefficient (Wildman–Crippen LogP) is 3.73.